The lowest BCUT2D eigenvalue weighted by Gasteiger charge is -2.02. The standard InChI is InChI=1S/C7H9NO2/c1-6-4-3-5-8(9)7(6)10-2/h3-5H,1-2H3. The second-order valence-electron chi connectivity index (χ2n) is 2.03. The summed E-state index contributed by atoms with van der Waals surface area (Å²) >= 11 is 0. The van der Waals surface area contributed by atoms with Crippen LogP contribution in [0.4, 0.5) is 0 Å². The molecule has 0 atom stereocenters. The predicted molar refractivity (Wildman–Crippen MR) is 36.7 cm³/mol. The largest absolute Gasteiger partial charge is 0.616 e. The molecule has 0 radical (unpaired) electrons. The van der Waals surface area contributed by atoms with Crippen LogP contribution < -0.4 is 9.47 Å². The quantitative estimate of drug-likeness (QED) is 0.422. The second kappa shape index (κ2) is 2.56. The van der Waals surface area contributed by atoms with E-state index in [1.54, 1.807) is 6.07 Å². The first kappa shape index (κ1) is 6.86. The van der Waals surface area contributed by atoms with Gasteiger partial charge >= 0.3 is 5.88 Å². The highest BCUT2D eigenvalue weighted by Gasteiger charge is 2.06. The molecule has 0 fully saturated rings. The molecule has 1 rings (SSSR count). The van der Waals surface area contributed by atoms with E-state index in [0.717, 1.165) is 5.56 Å². The summed E-state index contributed by atoms with van der Waals surface area (Å²) in [5, 5.41) is 10.9. The summed E-state index contributed by atoms with van der Waals surface area (Å²) in [7, 11) is 1.48. The van der Waals surface area contributed by atoms with Gasteiger partial charge in [-0.1, -0.05) is 0 Å². The summed E-state index contributed by atoms with van der Waals surface area (Å²) in [5.41, 5.74) is 0.847. The molecular weight excluding hydrogens is 130 g/mol. The van der Waals surface area contributed by atoms with Crippen LogP contribution in [-0.2, 0) is 0 Å². The minimum absolute atomic E-state index is 0.363. The Morgan fingerprint density at radius 1 is 1.60 bits per heavy atom. The van der Waals surface area contributed by atoms with Crippen molar-refractivity contribution in [2.24, 2.45) is 0 Å². The molecule has 0 bridgehead atoms. The predicted octanol–water partition coefficient (Wildman–Crippen LogP) is 0.637. The lowest BCUT2D eigenvalue weighted by atomic mass is 10.3. The van der Waals surface area contributed by atoms with Crippen molar-refractivity contribution in [3.05, 3.63) is 29.1 Å². The lowest BCUT2D eigenvalue weighted by molar-refractivity contribution is -0.612. The Labute approximate surface area is 59.5 Å². The molecule has 1 heterocycles. The molecule has 0 N–H and O–H groups in total. The molecule has 0 saturated heterocycles. The van der Waals surface area contributed by atoms with Crippen LogP contribution in [-0.4, -0.2) is 7.11 Å². The molecule has 0 saturated carbocycles. The molecule has 0 unspecified atom stereocenters. The Morgan fingerprint density at radius 2 is 2.30 bits per heavy atom. The maximum atomic E-state index is 10.9. The summed E-state index contributed by atoms with van der Waals surface area (Å²) in [5.74, 6) is 0.363. The van der Waals surface area contributed by atoms with Gasteiger partial charge in [0, 0.05) is 6.07 Å². The number of rotatable bonds is 1. The van der Waals surface area contributed by atoms with Crippen LogP contribution in [0, 0.1) is 12.1 Å². The molecule has 3 heteroatoms. The summed E-state index contributed by atoms with van der Waals surface area (Å²) < 4.78 is 5.53. The number of aryl methyl sites for hydroxylation is 1. The van der Waals surface area contributed by atoms with E-state index in [0.29, 0.717) is 10.6 Å². The maximum Gasteiger partial charge on any atom is 0.382 e. The summed E-state index contributed by atoms with van der Waals surface area (Å²) in [6.07, 6.45) is 1.41. The van der Waals surface area contributed by atoms with E-state index in [1.165, 1.54) is 13.3 Å². The Hall–Kier alpha value is -1.25. The van der Waals surface area contributed by atoms with Crippen molar-refractivity contribution in [2.75, 3.05) is 7.11 Å². The first-order chi connectivity index (χ1) is 4.75. The smallest absolute Gasteiger partial charge is 0.382 e. The molecular formula is C7H9NO2. The topological polar surface area (TPSA) is 36.2 Å². The fraction of sp³-hybridized carbons (Fsp3) is 0.286. The van der Waals surface area contributed by atoms with Crippen LogP contribution in [0.2, 0.25) is 0 Å². The zero-order valence-electron chi connectivity index (χ0n) is 6.00. The minimum atomic E-state index is 0.363. The Kier molecular flexibility index (Phi) is 1.76. The average Bonchev–Trinajstić information content (AvgIpc) is 1.88. The highest BCUT2D eigenvalue weighted by molar-refractivity contribution is 5.18. The number of hydrogen-bond acceptors (Lipinski definition) is 2. The first-order valence-electron chi connectivity index (χ1n) is 2.98. The SMILES string of the molecule is COc1c(C)ccc[n+]1[O-]. The zero-order valence-corrected chi connectivity index (χ0v) is 6.00. The summed E-state index contributed by atoms with van der Waals surface area (Å²) in [6, 6.07) is 3.51. The fourth-order valence-electron chi connectivity index (χ4n) is 0.829. The van der Waals surface area contributed by atoms with Crippen LogP contribution in [0.1, 0.15) is 5.56 Å². The molecule has 54 valence electrons. The van der Waals surface area contributed by atoms with Gasteiger partial charge in [-0.25, -0.2) is 0 Å². The maximum absolute atomic E-state index is 10.9. The minimum Gasteiger partial charge on any atom is -0.616 e. The van der Waals surface area contributed by atoms with Gasteiger partial charge in [0.1, 0.15) is 0 Å². The van der Waals surface area contributed by atoms with E-state index in [2.05, 4.69) is 0 Å². The third-order valence-corrected chi connectivity index (χ3v) is 1.30. The number of pyridine rings is 1. The molecule has 3 nitrogen and oxygen atoms in total. The zero-order chi connectivity index (χ0) is 7.56. The van der Waals surface area contributed by atoms with E-state index in [-0.39, 0.29) is 0 Å². The van der Waals surface area contributed by atoms with Gasteiger partial charge in [0.15, 0.2) is 6.20 Å². The number of aromatic nitrogens is 1. The van der Waals surface area contributed by atoms with E-state index in [4.69, 9.17) is 4.74 Å². The van der Waals surface area contributed by atoms with Crippen molar-refractivity contribution in [3.63, 3.8) is 0 Å². The molecule has 0 aliphatic heterocycles. The number of nitrogens with zero attached hydrogens (tertiary/aromatic N) is 1. The van der Waals surface area contributed by atoms with Gasteiger partial charge in [0.05, 0.1) is 12.7 Å². The van der Waals surface area contributed by atoms with Crippen molar-refractivity contribution in [1.82, 2.24) is 0 Å². The molecule has 0 spiro atoms. The molecule has 1 aromatic heterocycles. The van der Waals surface area contributed by atoms with Crippen molar-refractivity contribution >= 4 is 0 Å². The van der Waals surface area contributed by atoms with Gasteiger partial charge in [-0.2, -0.15) is 0 Å². The average molecular weight is 139 g/mol. The van der Waals surface area contributed by atoms with Gasteiger partial charge in [0.2, 0.25) is 0 Å². The fourth-order valence-corrected chi connectivity index (χ4v) is 0.829. The van der Waals surface area contributed by atoms with E-state index in [9.17, 15) is 5.21 Å². The van der Waals surface area contributed by atoms with Crippen LogP contribution in [0.5, 0.6) is 5.88 Å². The van der Waals surface area contributed by atoms with E-state index in [1.807, 2.05) is 13.0 Å². The summed E-state index contributed by atoms with van der Waals surface area (Å²) in [6.45, 7) is 1.83. The Bertz CT molecular complexity index is 215. The third kappa shape index (κ3) is 1.03. The van der Waals surface area contributed by atoms with Gasteiger partial charge in [-0.3, -0.25) is 0 Å². The van der Waals surface area contributed by atoms with Crippen molar-refractivity contribution < 1.29 is 9.47 Å². The number of ether oxygens (including phenoxy) is 1. The van der Waals surface area contributed by atoms with E-state index < -0.39 is 0 Å². The number of hydrogen-bond donors (Lipinski definition) is 0. The van der Waals surface area contributed by atoms with Crippen molar-refractivity contribution in [1.29, 1.82) is 0 Å². The Morgan fingerprint density at radius 3 is 2.70 bits per heavy atom. The molecule has 1 aromatic rings. The highest BCUT2D eigenvalue weighted by Crippen LogP contribution is 2.08. The monoisotopic (exact) mass is 139 g/mol. The molecule has 0 aliphatic rings. The van der Waals surface area contributed by atoms with Crippen molar-refractivity contribution in [3.8, 4) is 5.88 Å². The van der Waals surface area contributed by atoms with Crippen LogP contribution in [0.15, 0.2) is 18.3 Å². The van der Waals surface area contributed by atoms with Gasteiger partial charge in [-0.15, -0.1) is 4.73 Å². The Balaban J connectivity index is 3.17. The molecule has 0 aromatic carbocycles. The van der Waals surface area contributed by atoms with Gasteiger partial charge < -0.3 is 9.94 Å². The van der Waals surface area contributed by atoms with Crippen LogP contribution >= 0.6 is 0 Å². The summed E-state index contributed by atoms with van der Waals surface area (Å²) in [4.78, 5) is 0. The second-order valence-corrected chi connectivity index (χ2v) is 2.03. The van der Waals surface area contributed by atoms with E-state index >= 15 is 0 Å². The normalized spacial score (nSPS) is 9.40. The molecule has 0 aliphatic carbocycles. The van der Waals surface area contributed by atoms with Gasteiger partial charge in [0.25, 0.3) is 0 Å². The van der Waals surface area contributed by atoms with Gasteiger partial charge in [-0.05, 0) is 13.0 Å². The molecule has 0 amide bonds. The lowest BCUT2D eigenvalue weighted by Crippen LogP contribution is -2.28. The third-order valence-electron chi connectivity index (χ3n) is 1.30. The highest BCUT2D eigenvalue weighted by atomic mass is 16.5. The van der Waals surface area contributed by atoms with Crippen LogP contribution in [0.3, 0.4) is 0 Å². The first-order valence-corrected chi connectivity index (χ1v) is 2.98. The molecule has 10 heavy (non-hydrogen) atoms. The number of methoxy groups -OCH3 is 1. The van der Waals surface area contributed by atoms with Crippen LogP contribution in [0.25, 0.3) is 0 Å². The van der Waals surface area contributed by atoms with Crippen molar-refractivity contribution in [2.45, 2.75) is 6.92 Å².